The van der Waals surface area contributed by atoms with Crippen molar-refractivity contribution >= 4 is 23.2 Å². The van der Waals surface area contributed by atoms with E-state index in [1.165, 1.54) is 12.3 Å². The molecule has 15 heteroatoms. The molecule has 2 aromatic heterocycles. The highest BCUT2D eigenvalue weighted by molar-refractivity contribution is 6.35. The van der Waals surface area contributed by atoms with E-state index in [4.69, 9.17) is 16.3 Å². The number of rotatable bonds is 5. The lowest BCUT2D eigenvalue weighted by Crippen LogP contribution is -2.25. The second-order valence-electron chi connectivity index (χ2n) is 6.04. The number of carbonyl (C=O) groups excluding carboxylic acids is 1. The zero-order valence-electron chi connectivity index (χ0n) is 15.7. The van der Waals surface area contributed by atoms with E-state index in [2.05, 4.69) is 20.3 Å². The SMILES string of the molecule is O=C(Nc1ccnnc1)c1c(Oc2ccc(OC(F)(F)F)c(F)c2)c[nH+]c(C(F)(F)F)c1Cl. The molecule has 7 nitrogen and oxygen atoms in total. The van der Waals surface area contributed by atoms with Gasteiger partial charge in [0.2, 0.25) is 11.9 Å². The second-order valence-corrected chi connectivity index (χ2v) is 6.42. The Morgan fingerprint density at radius 3 is 2.36 bits per heavy atom. The number of alkyl halides is 6. The predicted molar refractivity (Wildman–Crippen MR) is 96.2 cm³/mol. The van der Waals surface area contributed by atoms with Gasteiger partial charge in [-0.15, -0.1) is 13.2 Å². The van der Waals surface area contributed by atoms with Crippen LogP contribution in [0.5, 0.6) is 17.2 Å². The summed E-state index contributed by atoms with van der Waals surface area (Å²) in [4.78, 5) is 14.5. The van der Waals surface area contributed by atoms with Crippen molar-refractivity contribution < 1.29 is 50.0 Å². The van der Waals surface area contributed by atoms with Gasteiger partial charge in [0.05, 0.1) is 18.1 Å². The van der Waals surface area contributed by atoms with Gasteiger partial charge in [-0.25, -0.2) is 9.37 Å². The van der Waals surface area contributed by atoms with Gasteiger partial charge in [-0.1, -0.05) is 11.6 Å². The van der Waals surface area contributed by atoms with Crippen LogP contribution in [-0.2, 0) is 6.18 Å². The van der Waals surface area contributed by atoms with Crippen LogP contribution in [0.4, 0.5) is 36.4 Å². The average Bonchev–Trinajstić information content (AvgIpc) is 2.69. The Morgan fingerprint density at radius 1 is 1.06 bits per heavy atom. The molecule has 33 heavy (non-hydrogen) atoms. The summed E-state index contributed by atoms with van der Waals surface area (Å²) in [5.41, 5.74) is -2.22. The van der Waals surface area contributed by atoms with Crippen molar-refractivity contribution in [1.82, 2.24) is 10.2 Å². The van der Waals surface area contributed by atoms with E-state index in [1.54, 1.807) is 0 Å². The first-order valence-electron chi connectivity index (χ1n) is 8.47. The Kier molecular flexibility index (Phi) is 6.58. The van der Waals surface area contributed by atoms with Crippen molar-refractivity contribution in [2.24, 2.45) is 0 Å². The Morgan fingerprint density at radius 2 is 1.79 bits per heavy atom. The van der Waals surface area contributed by atoms with E-state index in [0.29, 0.717) is 18.3 Å². The monoisotopic (exact) mass is 497 g/mol. The summed E-state index contributed by atoms with van der Waals surface area (Å²) in [5, 5.41) is 8.15. The normalized spacial score (nSPS) is 11.8. The smallest absolute Gasteiger partial charge is 0.450 e. The molecule has 0 saturated carbocycles. The molecule has 0 radical (unpaired) electrons. The molecular weight excluding hydrogens is 489 g/mol. The van der Waals surface area contributed by atoms with Crippen LogP contribution in [-0.4, -0.2) is 22.5 Å². The first kappa shape index (κ1) is 24.0. The molecule has 2 N–H and O–H groups in total. The molecule has 1 amide bonds. The molecule has 0 aliphatic rings. The fourth-order valence-corrected chi connectivity index (χ4v) is 2.78. The van der Waals surface area contributed by atoms with Crippen molar-refractivity contribution in [3.63, 3.8) is 0 Å². The molecule has 0 atom stereocenters. The minimum absolute atomic E-state index is 0.0538. The maximum atomic E-state index is 13.9. The molecule has 0 spiro atoms. The Balaban J connectivity index is 2.00. The first-order chi connectivity index (χ1) is 15.3. The summed E-state index contributed by atoms with van der Waals surface area (Å²) < 4.78 is 99.3. The molecule has 3 aromatic rings. The van der Waals surface area contributed by atoms with Crippen molar-refractivity contribution in [2.45, 2.75) is 12.5 Å². The van der Waals surface area contributed by atoms with Crippen molar-refractivity contribution in [2.75, 3.05) is 5.32 Å². The van der Waals surface area contributed by atoms with Crippen LogP contribution < -0.4 is 19.8 Å². The summed E-state index contributed by atoms with van der Waals surface area (Å²) in [6.45, 7) is 0. The van der Waals surface area contributed by atoms with E-state index >= 15 is 0 Å². The van der Waals surface area contributed by atoms with E-state index in [-0.39, 0.29) is 5.69 Å². The van der Waals surface area contributed by atoms with Gasteiger partial charge in [0.15, 0.2) is 11.6 Å². The molecule has 0 saturated heterocycles. The van der Waals surface area contributed by atoms with Gasteiger partial charge in [-0.05, 0) is 18.2 Å². The number of halogens is 8. The van der Waals surface area contributed by atoms with Crippen LogP contribution in [0.25, 0.3) is 0 Å². The molecule has 1 aromatic carbocycles. The lowest BCUT2D eigenvalue weighted by molar-refractivity contribution is -0.426. The Labute approximate surface area is 184 Å². The summed E-state index contributed by atoms with van der Waals surface area (Å²) in [5.74, 6) is -4.86. The largest absolute Gasteiger partial charge is 0.573 e. The van der Waals surface area contributed by atoms with E-state index in [0.717, 1.165) is 12.3 Å². The highest BCUT2D eigenvalue weighted by atomic mass is 35.5. The first-order valence-corrected chi connectivity index (χ1v) is 8.85. The summed E-state index contributed by atoms with van der Waals surface area (Å²) in [6.07, 6.45) is -7.22. The number of hydrogen-bond donors (Lipinski definition) is 1. The number of nitrogens with zero attached hydrogens (tertiary/aromatic N) is 2. The number of aromatic amines is 1. The number of amides is 1. The maximum absolute atomic E-state index is 13.9. The molecule has 0 fully saturated rings. The molecule has 0 aliphatic carbocycles. The van der Waals surface area contributed by atoms with Crippen molar-refractivity contribution in [3.05, 3.63) is 65.0 Å². The molecule has 2 heterocycles. The molecule has 0 bridgehead atoms. The van der Waals surface area contributed by atoms with Crippen LogP contribution >= 0.6 is 11.6 Å². The van der Waals surface area contributed by atoms with Gasteiger partial charge in [-0.2, -0.15) is 23.4 Å². The fraction of sp³-hybridized carbons (Fsp3) is 0.111. The van der Waals surface area contributed by atoms with Crippen LogP contribution in [0.15, 0.2) is 42.9 Å². The standard InChI is InChI=1S/C18H8ClF7N4O3/c19-14-13(16(31)30-8-3-4-28-29-6-8)12(7-27-15(14)17(21,22)23)32-9-1-2-11(10(20)5-9)33-18(24,25)26/h1-7H,(H,28,30,31)/p+1. The van der Waals surface area contributed by atoms with Crippen molar-refractivity contribution in [3.8, 4) is 17.2 Å². The minimum atomic E-state index is -5.16. The summed E-state index contributed by atoms with van der Waals surface area (Å²) >= 11 is 5.82. The minimum Gasteiger partial charge on any atom is -0.450 e. The number of aromatic nitrogens is 3. The quantitative estimate of drug-likeness (QED) is 0.499. The molecule has 3 rings (SSSR count). The van der Waals surface area contributed by atoms with E-state index < -0.39 is 57.8 Å². The third-order valence-electron chi connectivity index (χ3n) is 3.74. The molecule has 174 valence electrons. The highest BCUT2D eigenvalue weighted by Crippen LogP contribution is 2.38. The number of nitrogens with one attached hydrogen (secondary N) is 2. The third kappa shape index (κ3) is 5.97. The van der Waals surface area contributed by atoms with Crippen LogP contribution in [0, 0.1) is 5.82 Å². The molecular formula is C18H9ClF7N4O3+. The van der Waals surface area contributed by atoms with E-state index in [9.17, 15) is 35.5 Å². The topological polar surface area (TPSA) is 87.5 Å². The third-order valence-corrected chi connectivity index (χ3v) is 4.12. The van der Waals surface area contributed by atoms with Gasteiger partial charge < -0.3 is 14.8 Å². The maximum Gasteiger partial charge on any atom is 0.573 e. The zero-order chi connectivity index (χ0) is 24.4. The molecule has 0 unspecified atom stereocenters. The fourth-order valence-electron chi connectivity index (χ4n) is 2.44. The highest BCUT2D eigenvalue weighted by Gasteiger charge is 2.44. The summed E-state index contributed by atoms with van der Waals surface area (Å²) in [6, 6.07) is 3.18. The lowest BCUT2D eigenvalue weighted by Gasteiger charge is -2.14. The average molecular weight is 498 g/mol. The van der Waals surface area contributed by atoms with Crippen LogP contribution in [0.1, 0.15) is 16.1 Å². The second kappa shape index (κ2) is 9.05. The summed E-state index contributed by atoms with van der Waals surface area (Å²) in [7, 11) is 0. The van der Waals surface area contributed by atoms with Crippen LogP contribution in [0.2, 0.25) is 5.02 Å². The zero-order valence-corrected chi connectivity index (χ0v) is 16.4. The molecule has 0 aliphatic heterocycles. The number of pyridine rings is 1. The number of carbonyl (C=O) groups is 1. The number of anilines is 1. The number of hydrogen-bond acceptors (Lipinski definition) is 5. The number of benzene rings is 1. The predicted octanol–water partition coefficient (Wildman–Crippen LogP) is 5.05. The Bertz CT molecular complexity index is 1170. The van der Waals surface area contributed by atoms with Gasteiger partial charge >= 0.3 is 18.2 Å². The Hall–Kier alpha value is -3.68. The van der Waals surface area contributed by atoms with Gasteiger partial charge in [-0.3, -0.25) is 4.79 Å². The van der Waals surface area contributed by atoms with Gasteiger partial charge in [0, 0.05) is 6.07 Å². The van der Waals surface area contributed by atoms with Gasteiger partial charge in [0.25, 0.3) is 5.91 Å². The van der Waals surface area contributed by atoms with E-state index in [1.807, 2.05) is 4.98 Å². The van der Waals surface area contributed by atoms with Crippen molar-refractivity contribution in [1.29, 1.82) is 0 Å². The lowest BCUT2D eigenvalue weighted by atomic mass is 10.1. The van der Waals surface area contributed by atoms with Crippen LogP contribution in [0.3, 0.4) is 0 Å². The number of H-pyrrole nitrogens is 1. The van der Waals surface area contributed by atoms with Gasteiger partial charge in [0.1, 0.15) is 16.3 Å². The number of ether oxygens (including phenoxy) is 2.